The highest BCUT2D eigenvalue weighted by Crippen LogP contribution is 2.34. The number of ether oxygens (including phenoxy) is 1. The highest BCUT2D eigenvalue weighted by atomic mass is 16.5. The Hall–Kier alpha value is -3.09. The first-order valence-corrected chi connectivity index (χ1v) is 9.89. The van der Waals surface area contributed by atoms with Gasteiger partial charge in [0.1, 0.15) is 23.0 Å². The van der Waals surface area contributed by atoms with Gasteiger partial charge in [-0.25, -0.2) is 9.59 Å². The quantitative estimate of drug-likeness (QED) is 0.507. The molecule has 1 atom stereocenters. The lowest BCUT2D eigenvalue weighted by molar-refractivity contribution is -0.146. The molecule has 7 nitrogen and oxygen atoms in total. The van der Waals surface area contributed by atoms with Crippen molar-refractivity contribution in [1.82, 2.24) is 5.32 Å². The van der Waals surface area contributed by atoms with E-state index in [-0.39, 0.29) is 17.9 Å². The van der Waals surface area contributed by atoms with Gasteiger partial charge >= 0.3 is 11.6 Å². The minimum Gasteiger partial charge on any atom is -0.467 e. The van der Waals surface area contributed by atoms with Crippen LogP contribution in [-0.2, 0) is 20.7 Å². The molecule has 30 heavy (non-hydrogen) atoms. The summed E-state index contributed by atoms with van der Waals surface area (Å²) in [5.41, 5.74) is 3.30. The van der Waals surface area contributed by atoms with Crippen molar-refractivity contribution in [2.75, 3.05) is 7.11 Å². The molecule has 3 aromatic rings. The van der Waals surface area contributed by atoms with Crippen molar-refractivity contribution in [1.29, 1.82) is 0 Å². The normalized spacial score (nSPS) is 12.5. The molecule has 2 aromatic heterocycles. The Morgan fingerprint density at radius 2 is 1.60 bits per heavy atom. The van der Waals surface area contributed by atoms with Gasteiger partial charge in [0.05, 0.1) is 19.1 Å². The summed E-state index contributed by atoms with van der Waals surface area (Å²) in [6, 6.07) is 1.16. The molecule has 3 rings (SSSR count). The number of furan rings is 1. The fraction of sp³-hybridized carbons (Fsp3) is 0.435. The van der Waals surface area contributed by atoms with Gasteiger partial charge in [-0.1, -0.05) is 13.8 Å². The summed E-state index contributed by atoms with van der Waals surface area (Å²) in [6.07, 6.45) is -0.190. The number of aryl methyl sites for hydroxylation is 4. The SMILES string of the molecule is COC(=O)[C@@H](NC(=O)Cc1c(C)c2cc3c(C)c(C)oc3c(C)c2oc1=O)C(C)C. The van der Waals surface area contributed by atoms with Gasteiger partial charge in [0.15, 0.2) is 0 Å². The topological polar surface area (TPSA) is 98.8 Å². The largest absolute Gasteiger partial charge is 0.467 e. The number of carbonyl (C=O) groups is 2. The van der Waals surface area contributed by atoms with Gasteiger partial charge in [-0.2, -0.15) is 0 Å². The van der Waals surface area contributed by atoms with E-state index < -0.39 is 23.5 Å². The van der Waals surface area contributed by atoms with Crippen LogP contribution in [0.2, 0.25) is 0 Å². The molecule has 0 aliphatic rings. The predicted molar refractivity (Wildman–Crippen MR) is 114 cm³/mol. The van der Waals surface area contributed by atoms with Crippen LogP contribution in [0.4, 0.5) is 0 Å². The van der Waals surface area contributed by atoms with Crippen LogP contribution in [0.5, 0.6) is 0 Å². The first-order valence-electron chi connectivity index (χ1n) is 9.89. The summed E-state index contributed by atoms with van der Waals surface area (Å²) in [7, 11) is 1.27. The van der Waals surface area contributed by atoms with Gasteiger partial charge in [0.25, 0.3) is 0 Å². The average Bonchev–Trinajstić information content (AvgIpc) is 2.98. The highest BCUT2D eigenvalue weighted by molar-refractivity contribution is 6.00. The molecule has 0 saturated heterocycles. The minimum absolute atomic E-state index is 0.154. The Kier molecular flexibility index (Phi) is 5.74. The van der Waals surface area contributed by atoms with Crippen LogP contribution in [0.3, 0.4) is 0 Å². The summed E-state index contributed by atoms with van der Waals surface area (Å²) in [5, 5.41) is 4.38. The number of carbonyl (C=O) groups excluding carboxylic acids is 2. The van der Waals surface area contributed by atoms with E-state index in [4.69, 9.17) is 13.6 Å². The molecule has 0 aliphatic carbocycles. The molecule has 160 valence electrons. The van der Waals surface area contributed by atoms with Gasteiger partial charge < -0.3 is 18.9 Å². The van der Waals surface area contributed by atoms with Crippen LogP contribution in [0.25, 0.3) is 21.9 Å². The number of amides is 1. The van der Waals surface area contributed by atoms with E-state index >= 15 is 0 Å². The second-order valence-electron chi connectivity index (χ2n) is 8.02. The molecule has 0 fully saturated rings. The molecule has 0 aliphatic heterocycles. The van der Waals surface area contributed by atoms with Gasteiger partial charge in [-0.15, -0.1) is 0 Å². The maximum absolute atomic E-state index is 12.7. The summed E-state index contributed by atoms with van der Waals surface area (Å²) in [5.74, 6) is -0.310. The third-order valence-electron chi connectivity index (χ3n) is 5.72. The third-order valence-corrected chi connectivity index (χ3v) is 5.72. The van der Waals surface area contributed by atoms with E-state index in [1.54, 1.807) is 20.8 Å². The second-order valence-corrected chi connectivity index (χ2v) is 8.02. The molecule has 1 N–H and O–H groups in total. The smallest absolute Gasteiger partial charge is 0.340 e. The monoisotopic (exact) mass is 413 g/mol. The number of methoxy groups -OCH3 is 1. The molecule has 1 amide bonds. The standard InChI is InChI=1S/C23H27NO6/c1-10(2)19(23(27)28-7)24-18(25)9-17-12(4)16-8-15-11(3)14(6)29-20(15)13(5)21(16)30-22(17)26/h8,10,19H,9H2,1-7H3,(H,24,25)/t19-/m0/s1. The number of hydrogen-bond donors (Lipinski definition) is 1. The number of esters is 1. The Labute approximate surface area is 174 Å². The zero-order valence-corrected chi connectivity index (χ0v) is 18.4. The average molecular weight is 413 g/mol. The molecular weight excluding hydrogens is 386 g/mol. The van der Waals surface area contributed by atoms with Crippen molar-refractivity contribution >= 4 is 33.8 Å². The van der Waals surface area contributed by atoms with Crippen LogP contribution in [0.1, 0.15) is 41.9 Å². The number of benzene rings is 1. The molecule has 0 saturated carbocycles. The maximum atomic E-state index is 12.7. The second kappa shape index (κ2) is 7.97. The Bertz CT molecular complexity index is 1210. The van der Waals surface area contributed by atoms with E-state index in [0.29, 0.717) is 16.7 Å². The van der Waals surface area contributed by atoms with Crippen molar-refractivity contribution in [3.63, 3.8) is 0 Å². The van der Waals surface area contributed by atoms with Gasteiger partial charge in [-0.05, 0) is 50.8 Å². The van der Waals surface area contributed by atoms with Crippen LogP contribution in [0.15, 0.2) is 19.7 Å². The van der Waals surface area contributed by atoms with E-state index in [9.17, 15) is 14.4 Å². The summed E-state index contributed by atoms with van der Waals surface area (Å²) >= 11 is 0. The first-order chi connectivity index (χ1) is 14.1. The Balaban J connectivity index is 2.05. The zero-order chi connectivity index (χ0) is 22.3. The lowest BCUT2D eigenvalue weighted by atomic mass is 9.98. The van der Waals surface area contributed by atoms with E-state index in [2.05, 4.69) is 5.32 Å². The number of nitrogens with one attached hydrogen (secondary N) is 1. The molecule has 7 heteroatoms. The minimum atomic E-state index is -0.784. The van der Waals surface area contributed by atoms with Crippen LogP contribution in [0, 0.1) is 33.6 Å². The molecule has 2 heterocycles. The highest BCUT2D eigenvalue weighted by Gasteiger charge is 2.26. The predicted octanol–water partition coefficient (Wildman–Crippen LogP) is 3.63. The van der Waals surface area contributed by atoms with Gasteiger partial charge in [0, 0.05) is 16.3 Å². The number of fused-ring (bicyclic) bond motifs is 2. The van der Waals surface area contributed by atoms with Gasteiger partial charge in [0.2, 0.25) is 5.91 Å². The zero-order valence-electron chi connectivity index (χ0n) is 18.4. The summed E-state index contributed by atoms with van der Waals surface area (Å²) < 4.78 is 16.2. The van der Waals surface area contributed by atoms with Crippen molar-refractivity contribution < 1.29 is 23.2 Å². The van der Waals surface area contributed by atoms with E-state index in [0.717, 1.165) is 27.7 Å². The molecule has 1 aromatic carbocycles. The third kappa shape index (κ3) is 3.60. The van der Waals surface area contributed by atoms with Crippen molar-refractivity contribution in [3.05, 3.63) is 44.5 Å². The van der Waals surface area contributed by atoms with E-state index in [1.807, 2.05) is 26.8 Å². The molecule has 0 unspecified atom stereocenters. The van der Waals surface area contributed by atoms with Crippen molar-refractivity contribution in [3.8, 4) is 0 Å². The summed E-state index contributed by atoms with van der Waals surface area (Å²) in [4.78, 5) is 37.2. The Morgan fingerprint density at radius 3 is 2.20 bits per heavy atom. The van der Waals surface area contributed by atoms with Crippen LogP contribution in [-0.4, -0.2) is 25.0 Å². The lowest BCUT2D eigenvalue weighted by Crippen LogP contribution is -2.45. The van der Waals surface area contributed by atoms with Crippen LogP contribution < -0.4 is 10.9 Å². The van der Waals surface area contributed by atoms with Crippen LogP contribution >= 0.6 is 0 Å². The first kappa shape index (κ1) is 21.6. The molecule has 0 bridgehead atoms. The van der Waals surface area contributed by atoms with E-state index in [1.165, 1.54) is 7.11 Å². The number of rotatable bonds is 5. The maximum Gasteiger partial charge on any atom is 0.340 e. The van der Waals surface area contributed by atoms with Gasteiger partial charge in [-0.3, -0.25) is 4.79 Å². The van der Waals surface area contributed by atoms with Crippen molar-refractivity contribution in [2.24, 2.45) is 5.92 Å². The Morgan fingerprint density at radius 1 is 1.00 bits per heavy atom. The molecule has 0 spiro atoms. The fourth-order valence-corrected chi connectivity index (χ4v) is 3.71. The molecular formula is C23H27NO6. The summed E-state index contributed by atoms with van der Waals surface area (Å²) in [6.45, 7) is 11.1. The van der Waals surface area contributed by atoms with Crippen molar-refractivity contribution in [2.45, 2.75) is 54.0 Å². The lowest BCUT2D eigenvalue weighted by Gasteiger charge is -2.20. The fourth-order valence-electron chi connectivity index (χ4n) is 3.71. The number of hydrogen-bond acceptors (Lipinski definition) is 6. The molecule has 0 radical (unpaired) electrons.